The molecule has 0 atom stereocenters. The number of rotatable bonds is 8. The van der Waals surface area contributed by atoms with Crippen molar-refractivity contribution >= 4 is 21.7 Å². The van der Waals surface area contributed by atoms with Gasteiger partial charge >= 0.3 is 0 Å². The summed E-state index contributed by atoms with van der Waals surface area (Å²) in [6, 6.07) is 4.46. The number of halogens is 2. The van der Waals surface area contributed by atoms with E-state index in [0.29, 0.717) is 11.6 Å². The van der Waals surface area contributed by atoms with Crippen molar-refractivity contribution in [2.75, 3.05) is 37.4 Å². The lowest BCUT2D eigenvalue weighted by Crippen LogP contribution is -2.30. The third kappa shape index (κ3) is 5.88. The molecule has 2 N–H and O–H groups in total. The zero-order chi connectivity index (χ0) is 19.3. The smallest absolute Gasteiger partial charge is 0.215 e. The van der Waals surface area contributed by atoms with E-state index in [1.165, 1.54) is 0 Å². The van der Waals surface area contributed by atoms with Gasteiger partial charge in [-0.2, -0.15) is 0 Å². The molecule has 2 aromatic rings. The zero-order valence-electron chi connectivity index (χ0n) is 14.8. The van der Waals surface area contributed by atoms with Gasteiger partial charge in [0, 0.05) is 38.8 Å². The molecular weight excluding hydrogens is 364 g/mol. The fourth-order valence-corrected chi connectivity index (χ4v) is 3.32. The van der Waals surface area contributed by atoms with Crippen LogP contribution < -0.4 is 14.9 Å². The van der Waals surface area contributed by atoms with Crippen LogP contribution in [0.3, 0.4) is 0 Å². The van der Waals surface area contributed by atoms with E-state index in [1.54, 1.807) is 13.0 Å². The minimum atomic E-state index is -3.80. The predicted octanol–water partition coefficient (Wildman–Crippen LogP) is 1.66. The van der Waals surface area contributed by atoms with Gasteiger partial charge in [0.05, 0.1) is 5.75 Å². The lowest BCUT2D eigenvalue weighted by molar-refractivity contribution is 0.571. The fourth-order valence-electron chi connectivity index (χ4n) is 2.18. The van der Waals surface area contributed by atoms with E-state index in [4.69, 9.17) is 0 Å². The van der Waals surface area contributed by atoms with Gasteiger partial charge in [-0.1, -0.05) is 0 Å². The van der Waals surface area contributed by atoms with Crippen LogP contribution in [0.4, 0.5) is 20.4 Å². The Morgan fingerprint density at radius 3 is 2.54 bits per heavy atom. The van der Waals surface area contributed by atoms with Crippen molar-refractivity contribution in [3.63, 3.8) is 0 Å². The van der Waals surface area contributed by atoms with Gasteiger partial charge in [-0.25, -0.2) is 31.9 Å². The molecule has 26 heavy (non-hydrogen) atoms. The Bertz CT molecular complexity index is 875. The molecule has 0 saturated carbocycles. The monoisotopic (exact) mass is 385 g/mol. The maximum atomic E-state index is 13.6. The first-order chi connectivity index (χ1) is 12.2. The maximum Gasteiger partial charge on any atom is 0.215 e. The summed E-state index contributed by atoms with van der Waals surface area (Å²) in [7, 11) is -0.0909. The molecule has 1 aromatic carbocycles. The van der Waals surface area contributed by atoms with Crippen LogP contribution >= 0.6 is 0 Å². The van der Waals surface area contributed by atoms with Crippen LogP contribution in [0.15, 0.2) is 24.3 Å². The van der Waals surface area contributed by atoms with Gasteiger partial charge < -0.3 is 10.2 Å². The van der Waals surface area contributed by atoms with Crippen molar-refractivity contribution in [1.29, 1.82) is 0 Å². The van der Waals surface area contributed by atoms with E-state index in [-0.39, 0.29) is 18.7 Å². The quantitative estimate of drug-likeness (QED) is 0.672. The van der Waals surface area contributed by atoms with E-state index in [2.05, 4.69) is 20.0 Å². The molecule has 0 amide bonds. The van der Waals surface area contributed by atoms with Gasteiger partial charge in [-0.05, 0) is 25.1 Å². The average Bonchev–Trinajstić information content (AvgIpc) is 2.54. The lowest BCUT2D eigenvalue weighted by Gasteiger charge is -2.14. The summed E-state index contributed by atoms with van der Waals surface area (Å²) < 4.78 is 53.1. The van der Waals surface area contributed by atoms with Crippen LogP contribution in [-0.4, -0.2) is 45.6 Å². The standard InChI is InChI=1S/C16H21F2N5O2S/c1-11-21-15(9-16(22-11)23(2)3)19-6-7-20-26(24,25)10-12-8-13(17)4-5-14(12)18/h4-5,8-9,20H,6-7,10H2,1-3H3,(H,19,21,22). The van der Waals surface area contributed by atoms with Gasteiger partial charge in [0.1, 0.15) is 29.1 Å². The summed E-state index contributed by atoms with van der Waals surface area (Å²) >= 11 is 0. The third-order valence-corrected chi connectivity index (χ3v) is 4.72. The van der Waals surface area contributed by atoms with Crippen molar-refractivity contribution in [2.45, 2.75) is 12.7 Å². The highest BCUT2D eigenvalue weighted by atomic mass is 32.2. The number of benzene rings is 1. The second-order valence-corrected chi connectivity index (χ2v) is 7.68. The van der Waals surface area contributed by atoms with Crippen LogP contribution in [0, 0.1) is 18.6 Å². The molecule has 0 aliphatic carbocycles. The zero-order valence-corrected chi connectivity index (χ0v) is 15.6. The Kier molecular flexibility index (Phi) is 6.43. The molecule has 0 unspecified atom stereocenters. The number of hydrogen-bond acceptors (Lipinski definition) is 6. The molecule has 0 bridgehead atoms. The second-order valence-electron chi connectivity index (χ2n) is 5.87. The first kappa shape index (κ1) is 20.0. The molecule has 1 heterocycles. The minimum absolute atomic E-state index is 0.0691. The fraction of sp³-hybridized carbons (Fsp3) is 0.375. The number of sulfonamides is 1. The maximum absolute atomic E-state index is 13.6. The Morgan fingerprint density at radius 1 is 1.12 bits per heavy atom. The largest absolute Gasteiger partial charge is 0.369 e. The number of nitrogens with zero attached hydrogens (tertiary/aromatic N) is 3. The van der Waals surface area contributed by atoms with E-state index in [0.717, 1.165) is 24.0 Å². The van der Waals surface area contributed by atoms with Crippen molar-refractivity contribution in [3.8, 4) is 0 Å². The van der Waals surface area contributed by atoms with E-state index < -0.39 is 27.4 Å². The minimum Gasteiger partial charge on any atom is -0.369 e. The highest BCUT2D eigenvalue weighted by molar-refractivity contribution is 7.88. The highest BCUT2D eigenvalue weighted by Gasteiger charge is 2.15. The molecule has 10 heteroatoms. The number of nitrogens with one attached hydrogen (secondary N) is 2. The summed E-state index contributed by atoms with van der Waals surface area (Å²) in [5.74, 6) is -0.204. The first-order valence-electron chi connectivity index (χ1n) is 7.84. The van der Waals surface area contributed by atoms with Gasteiger partial charge in [0.15, 0.2) is 0 Å². The number of aryl methyl sites for hydroxylation is 1. The van der Waals surface area contributed by atoms with E-state index >= 15 is 0 Å². The summed E-state index contributed by atoms with van der Waals surface area (Å²) in [4.78, 5) is 10.3. The molecule has 1 aromatic heterocycles. The topological polar surface area (TPSA) is 87.2 Å². The summed E-state index contributed by atoms with van der Waals surface area (Å²) in [5.41, 5.74) is -0.215. The SMILES string of the molecule is Cc1nc(NCCNS(=O)(=O)Cc2cc(F)ccc2F)cc(N(C)C)n1. The lowest BCUT2D eigenvalue weighted by atomic mass is 10.2. The summed E-state index contributed by atoms with van der Waals surface area (Å²) in [5, 5.41) is 3.00. The predicted molar refractivity (Wildman–Crippen MR) is 96.6 cm³/mol. The second kappa shape index (κ2) is 8.37. The van der Waals surface area contributed by atoms with Crippen molar-refractivity contribution in [3.05, 3.63) is 47.3 Å². The van der Waals surface area contributed by atoms with Gasteiger partial charge in [-0.3, -0.25) is 0 Å². The first-order valence-corrected chi connectivity index (χ1v) is 9.49. The molecule has 2 rings (SSSR count). The van der Waals surface area contributed by atoms with Gasteiger partial charge in [0.25, 0.3) is 0 Å². The van der Waals surface area contributed by atoms with Crippen LogP contribution in [0.25, 0.3) is 0 Å². The highest BCUT2D eigenvalue weighted by Crippen LogP contribution is 2.14. The van der Waals surface area contributed by atoms with Crippen LogP contribution in [0.5, 0.6) is 0 Å². The number of hydrogen-bond donors (Lipinski definition) is 2. The molecule has 0 saturated heterocycles. The van der Waals surface area contributed by atoms with Gasteiger partial charge in [0.2, 0.25) is 10.0 Å². The van der Waals surface area contributed by atoms with Crippen molar-refractivity contribution in [1.82, 2.24) is 14.7 Å². The number of aromatic nitrogens is 2. The Labute approximate surface area is 151 Å². The molecule has 0 fully saturated rings. The Morgan fingerprint density at radius 2 is 1.85 bits per heavy atom. The molecule has 0 aliphatic rings. The average molecular weight is 385 g/mol. The summed E-state index contributed by atoms with van der Waals surface area (Å²) in [6.07, 6.45) is 0. The molecule has 0 spiro atoms. The molecule has 7 nitrogen and oxygen atoms in total. The third-order valence-electron chi connectivity index (χ3n) is 3.39. The van der Waals surface area contributed by atoms with Crippen LogP contribution in [0.1, 0.15) is 11.4 Å². The van der Waals surface area contributed by atoms with Crippen molar-refractivity contribution in [2.24, 2.45) is 0 Å². The van der Waals surface area contributed by atoms with E-state index in [9.17, 15) is 17.2 Å². The van der Waals surface area contributed by atoms with Crippen LogP contribution in [-0.2, 0) is 15.8 Å². The molecule has 0 radical (unpaired) electrons. The van der Waals surface area contributed by atoms with Gasteiger partial charge in [-0.15, -0.1) is 0 Å². The summed E-state index contributed by atoms with van der Waals surface area (Å²) in [6.45, 7) is 2.10. The Hall–Kier alpha value is -2.33. The number of anilines is 2. The molecule has 142 valence electrons. The van der Waals surface area contributed by atoms with Crippen molar-refractivity contribution < 1.29 is 17.2 Å². The van der Waals surface area contributed by atoms with Crippen LogP contribution in [0.2, 0.25) is 0 Å². The molecular formula is C16H21F2N5O2S. The normalized spacial score (nSPS) is 11.4. The molecule has 0 aliphatic heterocycles. The van der Waals surface area contributed by atoms with E-state index in [1.807, 2.05) is 19.0 Å². The Balaban J connectivity index is 1.90.